The summed E-state index contributed by atoms with van der Waals surface area (Å²) in [5.41, 5.74) is 8.97. The zero-order valence-electron chi connectivity index (χ0n) is 17.0. The summed E-state index contributed by atoms with van der Waals surface area (Å²) >= 11 is 0. The van der Waals surface area contributed by atoms with Gasteiger partial charge in [0, 0.05) is 25.2 Å². The van der Waals surface area contributed by atoms with Crippen LogP contribution >= 0.6 is 12.4 Å². The van der Waals surface area contributed by atoms with Crippen LogP contribution in [0.25, 0.3) is 0 Å². The van der Waals surface area contributed by atoms with Crippen molar-refractivity contribution in [3.8, 4) is 5.75 Å². The number of hydrogen-bond donors (Lipinski definition) is 1. The van der Waals surface area contributed by atoms with E-state index in [4.69, 9.17) is 10.5 Å². The molecule has 1 aromatic heterocycles. The van der Waals surface area contributed by atoms with Gasteiger partial charge in [0.25, 0.3) is 5.91 Å². The summed E-state index contributed by atoms with van der Waals surface area (Å²) in [6.07, 6.45) is 3.47. The van der Waals surface area contributed by atoms with E-state index in [1.54, 1.807) is 18.0 Å². The van der Waals surface area contributed by atoms with Crippen molar-refractivity contribution in [1.29, 1.82) is 0 Å². The lowest BCUT2D eigenvalue weighted by Gasteiger charge is -2.16. The Balaban J connectivity index is 0.00000256. The molecular weight excluding hydrogens is 400 g/mol. The van der Waals surface area contributed by atoms with Crippen LogP contribution in [0, 0.1) is 5.92 Å². The second kappa shape index (κ2) is 9.78. The molecule has 0 unspecified atom stereocenters. The molecule has 0 saturated carbocycles. The van der Waals surface area contributed by atoms with Crippen molar-refractivity contribution in [2.45, 2.75) is 12.5 Å². The highest BCUT2D eigenvalue weighted by Gasteiger charge is 2.35. The highest BCUT2D eigenvalue weighted by molar-refractivity contribution is 5.94. The largest absolute Gasteiger partial charge is 0.497 e. The van der Waals surface area contributed by atoms with Gasteiger partial charge in [-0.2, -0.15) is 5.10 Å². The number of methoxy groups -OCH3 is 1. The number of aromatic nitrogens is 2. The predicted octanol–water partition coefficient (Wildman–Crippen LogP) is 3.18. The molecule has 158 valence electrons. The zero-order valence-corrected chi connectivity index (χ0v) is 17.8. The Morgan fingerprint density at radius 2 is 1.87 bits per heavy atom. The van der Waals surface area contributed by atoms with Crippen molar-refractivity contribution in [3.63, 3.8) is 0 Å². The van der Waals surface area contributed by atoms with E-state index in [2.05, 4.69) is 17.2 Å². The van der Waals surface area contributed by atoms with Gasteiger partial charge in [0.05, 0.1) is 25.4 Å². The van der Waals surface area contributed by atoms with E-state index in [0.717, 1.165) is 11.3 Å². The highest BCUT2D eigenvalue weighted by atomic mass is 35.5. The van der Waals surface area contributed by atoms with Crippen molar-refractivity contribution in [2.75, 3.05) is 26.7 Å². The number of benzene rings is 2. The molecule has 0 aliphatic carbocycles. The molecule has 0 bridgehead atoms. The Morgan fingerprint density at radius 1 is 1.13 bits per heavy atom. The Kier molecular flexibility index (Phi) is 7.13. The maximum Gasteiger partial charge on any atom is 0.257 e. The topological polar surface area (TPSA) is 73.4 Å². The average Bonchev–Trinajstić information content (AvgIpc) is 3.41. The molecule has 4 rings (SSSR count). The van der Waals surface area contributed by atoms with Gasteiger partial charge < -0.3 is 15.4 Å². The molecular formula is C23H27ClN4O2. The summed E-state index contributed by atoms with van der Waals surface area (Å²) in [7, 11) is 1.65. The van der Waals surface area contributed by atoms with Crippen molar-refractivity contribution >= 4 is 18.3 Å². The highest BCUT2D eigenvalue weighted by Crippen LogP contribution is 2.32. The first-order chi connectivity index (χ1) is 14.2. The normalized spacial score (nSPS) is 18.1. The fourth-order valence-electron chi connectivity index (χ4n) is 4.01. The summed E-state index contributed by atoms with van der Waals surface area (Å²) < 4.78 is 6.98. The third-order valence-corrected chi connectivity index (χ3v) is 5.64. The number of halogens is 1. The second-order valence-corrected chi connectivity index (χ2v) is 7.50. The molecule has 1 aliphatic rings. The number of carbonyl (C=O) groups is 1. The number of nitrogens with zero attached hydrogens (tertiary/aromatic N) is 3. The number of carbonyl (C=O) groups excluding carboxylic acids is 1. The van der Waals surface area contributed by atoms with Gasteiger partial charge in [0.2, 0.25) is 0 Å². The first kappa shape index (κ1) is 21.9. The molecule has 6 nitrogen and oxygen atoms in total. The second-order valence-electron chi connectivity index (χ2n) is 7.50. The summed E-state index contributed by atoms with van der Waals surface area (Å²) in [5.74, 6) is 1.39. The summed E-state index contributed by atoms with van der Waals surface area (Å²) in [6.45, 7) is 2.54. The minimum atomic E-state index is 0. The molecule has 1 amide bonds. The van der Waals surface area contributed by atoms with Gasteiger partial charge in [-0.1, -0.05) is 42.5 Å². The maximum atomic E-state index is 13.0. The van der Waals surface area contributed by atoms with E-state index in [1.165, 1.54) is 5.56 Å². The molecule has 1 fully saturated rings. The van der Waals surface area contributed by atoms with Crippen LogP contribution in [-0.4, -0.2) is 47.3 Å². The lowest BCUT2D eigenvalue weighted by Crippen LogP contribution is -2.29. The number of ether oxygens (including phenoxy) is 1. The van der Waals surface area contributed by atoms with E-state index < -0.39 is 0 Å². The fourth-order valence-corrected chi connectivity index (χ4v) is 4.01. The first-order valence-electron chi connectivity index (χ1n) is 9.87. The van der Waals surface area contributed by atoms with Gasteiger partial charge in [-0.05, 0) is 35.7 Å². The SMILES string of the molecule is COc1ccc(Cn2cc(C(=O)N3C[C@@H](CN)[C@H](c4ccccc4)C3)cn2)cc1.Cl. The Hall–Kier alpha value is -2.83. The lowest BCUT2D eigenvalue weighted by atomic mass is 9.89. The van der Waals surface area contributed by atoms with E-state index in [0.29, 0.717) is 31.7 Å². The Bertz CT molecular complexity index is 959. The van der Waals surface area contributed by atoms with Crippen LogP contribution in [0.2, 0.25) is 0 Å². The standard InChI is InChI=1S/C23H26N4O2.ClH/c1-29-21-9-7-17(8-10-21)13-27-15-20(12-25-27)23(28)26-14-19(11-24)22(16-26)18-5-3-2-4-6-18;/h2-10,12,15,19,22H,11,13-14,16,24H2,1H3;1H/t19-,22+;/m1./s1. The van der Waals surface area contributed by atoms with Crippen molar-refractivity contribution in [1.82, 2.24) is 14.7 Å². The van der Waals surface area contributed by atoms with Crippen LogP contribution in [-0.2, 0) is 6.54 Å². The van der Waals surface area contributed by atoms with Gasteiger partial charge in [-0.25, -0.2) is 0 Å². The van der Waals surface area contributed by atoms with Gasteiger partial charge in [-0.3, -0.25) is 9.48 Å². The monoisotopic (exact) mass is 426 g/mol. The number of amides is 1. The van der Waals surface area contributed by atoms with Crippen LogP contribution in [0.4, 0.5) is 0 Å². The summed E-state index contributed by atoms with van der Waals surface area (Å²) in [4.78, 5) is 15.0. The molecule has 2 heterocycles. The minimum absolute atomic E-state index is 0. The minimum Gasteiger partial charge on any atom is -0.497 e. The molecule has 2 N–H and O–H groups in total. The number of likely N-dealkylation sites (tertiary alicyclic amines) is 1. The molecule has 0 spiro atoms. The Labute approximate surface area is 183 Å². The van der Waals surface area contributed by atoms with Gasteiger partial charge in [0.15, 0.2) is 0 Å². The number of rotatable bonds is 6. The number of hydrogen-bond acceptors (Lipinski definition) is 4. The van der Waals surface area contributed by atoms with E-state index in [9.17, 15) is 4.79 Å². The summed E-state index contributed by atoms with van der Waals surface area (Å²) in [6, 6.07) is 18.2. The third-order valence-electron chi connectivity index (χ3n) is 5.64. The molecule has 0 radical (unpaired) electrons. The van der Waals surface area contributed by atoms with Crippen molar-refractivity contribution in [3.05, 3.63) is 83.7 Å². The zero-order chi connectivity index (χ0) is 20.2. The van der Waals surface area contributed by atoms with Gasteiger partial charge >= 0.3 is 0 Å². The molecule has 30 heavy (non-hydrogen) atoms. The molecule has 1 aliphatic heterocycles. The van der Waals surface area contributed by atoms with Crippen molar-refractivity contribution < 1.29 is 9.53 Å². The Morgan fingerprint density at radius 3 is 2.53 bits per heavy atom. The fraction of sp³-hybridized carbons (Fsp3) is 0.304. The van der Waals surface area contributed by atoms with Crippen LogP contribution < -0.4 is 10.5 Å². The van der Waals surface area contributed by atoms with Crippen molar-refractivity contribution in [2.24, 2.45) is 11.7 Å². The van der Waals surface area contributed by atoms with Crippen LogP contribution in [0.15, 0.2) is 67.0 Å². The third kappa shape index (κ3) is 4.66. The van der Waals surface area contributed by atoms with Crippen LogP contribution in [0.1, 0.15) is 27.4 Å². The smallest absolute Gasteiger partial charge is 0.257 e. The molecule has 7 heteroatoms. The van der Waals surface area contributed by atoms with Crippen LogP contribution in [0.3, 0.4) is 0 Å². The van der Waals surface area contributed by atoms with E-state index >= 15 is 0 Å². The molecule has 3 aromatic rings. The van der Waals surface area contributed by atoms with Crippen LogP contribution in [0.5, 0.6) is 5.75 Å². The molecule has 1 saturated heterocycles. The number of nitrogens with two attached hydrogens (primary N) is 1. The maximum absolute atomic E-state index is 13.0. The van der Waals surface area contributed by atoms with E-state index in [-0.39, 0.29) is 30.2 Å². The predicted molar refractivity (Wildman–Crippen MR) is 119 cm³/mol. The van der Waals surface area contributed by atoms with Gasteiger partial charge in [0.1, 0.15) is 5.75 Å². The molecule has 2 aromatic carbocycles. The summed E-state index contributed by atoms with van der Waals surface area (Å²) in [5, 5.41) is 4.38. The van der Waals surface area contributed by atoms with E-state index in [1.807, 2.05) is 53.6 Å². The molecule has 2 atom stereocenters. The first-order valence-corrected chi connectivity index (χ1v) is 9.87. The quantitative estimate of drug-likeness (QED) is 0.657. The van der Waals surface area contributed by atoms with Gasteiger partial charge in [-0.15, -0.1) is 12.4 Å². The average molecular weight is 427 g/mol. The lowest BCUT2D eigenvalue weighted by molar-refractivity contribution is 0.0786.